The van der Waals surface area contributed by atoms with Gasteiger partial charge in [0.1, 0.15) is 0 Å². The molecule has 4 aromatic rings. The first kappa shape index (κ1) is 23.3. The number of aromatic nitrogens is 4. The van der Waals surface area contributed by atoms with Crippen LogP contribution in [0.4, 0.5) is 22.0 Å². The molecule has 4 rings (SSSR count). The smallest absolute Gasteiger partial charge is 0.408 e. The number of alkyl halides is 3. The second-order valence-corrected chi connectivity index (χ2v) is 5.55. The molecule has 0 atom stereocenters. The second kappa shape index (κ2) is 10.2. The van der Waals surface area contributed by atoms with Crippen LogP contribution in [0, 0.1) is 17.7 Å². The van der Waals surface area contributed by atoms with E-state index in [1.54, 1.807) is 42.6 Å². The maximum Gasteiger partial charge on any atom is 0.408 e. The Kier molecular flexibility index (Phi) is 7.91. The Morgan fingerprint density at radius 3 is 2.00 bits per heavy atom. The molecule has 1 aromatic carbocycles. The molecular weight excluding hydrogens is 583 g/mol. The van der Waals surface area contributed by atoms with Crippen LogP contribution >= 0.6 is 0 Å². The molecule has 0 aliphatic rings. The van der Waals surface area contributed by atoms with Gasteiger partial charge in [0.15, 0.2) is 0 Å². The van der Waals surface area contributed by atoms with Gasteiger partial charge in [-0.15, -0.1) is 12.1 Å². The third kappa shape index (κ3) is 6.01. The minimum Gasteiger partial charge on any atom is -0.438 e. The summed E-state index contributed by atoms with van der Waals surface area (Å²) in [5.74, 6) is -2.42. The molecule has 0 amide bonds. The molecule has 0 fully saturated rings. The Bertz CT molecular complexity index is 1070. The van der Waals surface area contributed by atoms with Gasteiger partial charge in [-0.1, -0.05) is 36.0 Å². The van der Waals surface area contributed by atoms with Gasteiger partial charge in [0, 0.05) is 50.0 Å². The van der Waals surface area contributed by atoms with Crippen LogP contribution in [0.5, 0.6) is 0 Å². The fraction of sp³-hybridized carbons (Fsp3) is 0.0500. The van der Waals surface area contributed by atoms with E-state index in [0.717, 1.165) is 18.3 Å². The first-order valence-corrected chi connectivity index (χ1v) is 8.11. The van der Waals surface area contributed by atoms with Crippen molar-refractivity contribution in [2.75, 3.05) is 0 Å². The summed E-state index contributed by atoms with van der Waals surface area (Å²) in [5, 5.41) is 0. The van der Waals surface area contributed by atoms with Gasteiger partial charge >= 0.3 is 6.18 Å². The maximum atomic E-state index is 13.2. The van der Waals surface area contributed by atoms with Gasteiger partial charge in [-0.05, 0) is 29.6 Å². The first-order chi connectivity index (χ1) is 13.8. The van der Waals surface area contributed by atoms with Crippen molar-refractivity contribution < 1.29 is 42.1 Å². The summed E-state index contributed by atoms with van der Waals surface area (Å²) in [6.45, 7) is 0. The predicted octanol–water partition coefficient (Wildman–Crippen LogP) is 4.94. The zero-order chi connectivity index (χ0) is 20.9. The van der Waals surface area contributed by atoms with Gasteiger partial charge in [0.2, 0.25) is 0 Å². The van der Waals surface area contributed by atoms with Gasteiger partial charge in [-0.25, -0.2) is 0 Å². The topological polar surface area (TPSA) is 52.8 Å². The molecule has 0 saturated carbocycles. The van der Waals surface area contributed by atoms with Crippen LogP contribution in [0.15, 0.2) is 67.1 Å². The molecule has 4 nitrogen and oxygen atoms in total. The van der Waals surface area contributed by atoms with Crippen molar-refractivity contribution in [3.63, 3.8) is 0 Å². The van der Waals surface area contributed by atoms with Crippen molar-refractivity contribution in [3.05, 3.63) is 90.6 Å². The molecule has 0 N–H and O–H groups in total. The zero-order valence-corrected chi connectivity index (χ0v) is 17.3. The molecule has 0 aliphatic carbocycles. The SMILES string of the molecule is FC(F)(F)c1ncc(-c2ccccn2)[n-]1.Fc1c[c-]c(-c2ccccn2)c(F)c1.[Ir]. The van der Waals surface area contributed by atoms with Crippen LogP contribution in [0.3, 0.4) is 0 Å². The van der Waals surface area contributed by atoms with Crippen molar-refractivity contribution in [2.45, 2.75) is 6.18 Å². The van der Waals surface area contributed by atoms with Gasteiger partial charge in [-0.3, -0.25) is 13.8 Å². The fourth-order valence-corrected chi connectivity index (χ4v) is 2.22. The van der Waals surface area contributed by atoms with Crippen LogP contribution in [-0.4, -0.2) is 15.0 Å². The number of hydrogen-bond acceptors (Lipinski definition) is 3. The Balaban J connectivity index is 0.000000207. The van der Waals surface area contributed by atoms with Crippen molar-refractivity contribution in [1.29, 1.82) is 0 Å². The van der Waals surface area contributed by atoms with E-state index >= 15 is 0 Å². The van der Waals surface area contributed by atoms with E-state index in [9.17, 15) is 22.0 Å². The van der Waals surface area contributed by atoms with Gasteiger partial charge in [0.05, 0.1) is 5.69 Å². The molecule has 30 heavy (non-hydrogen) atoms. The number of hydrogen-bond donors (Lipinski definition) is 0. The third-order valence-electron chi connectivity index (χ3n) is 3.50. The van der Waals surface area contributed by atoms with Crippen molar-refractivity contribution in [1.82, 2.24) is 19.9 Å². The minimum atomic E-state index is -4.51. The van der Waals surface area contributed by atoms with E-state index in [1.807, 2.05) is 0 Å². The zero-order valence-electron chi connectivity index (χ0n) is 14.9. The van der Waals surface area contributed by atoms with E-state index in [0.29, 0.717) is 11.4 Å². The van der Waals surface area contributed by atoms with Gasteiger partial charge < -0.3 is 15.0 Å². The maximum absolute atomic E-state index is 13.2. The van der Waals surface area contributed by atoms with E-state index in [2.05, 4.69) is 26.0 Å². The molecule has 0 saturated heterocycles. The summed E-state index contributed by atoms with van der Waals surface area (Å²) in [6.07, 6.45) is -0.415. The molecule has 157 valence electrons. The van der Waals surface area contributed by atoms with Crippen LogP contribution in [0.2, 0.25) is 0 Å². The average molecular weight is 595 g/mol. The number of benzene rings is 1. The fourth-order valence-electron chi connectivity index (χ4n) is 2.22. The summed E-state index contributed by atoms with van der Waals surface area (Å²) in [4.78, 5) is 14.4. The quantitative estimate of drug-likeness (QED) is 0.244. The van der Waals surface area contributed by atoms with Crippen LogP contribution in [0.1, 0.15) is 5.82 Å². The number of halogens is 5. The third-order valence-corrected chi connectivity index (χ3v) is 3.50. The van der Waals surface area contributed by atoms with Crippen molar-refractivity contribution >= 4 is 0 Å². The van der Waals surface area contributed by atoms with Crippen LogP contribution < -0.4 is 4.98 Å². The molecule has 0 unspecified atom stereocenters. The number of rotatable bonds is 2. The molecule has 10 heteroatoms. The standard InChI is InChI=1S/C11H6F2N.C9H5F3N3.Ir/c12-8-4-5-9(10(13)7-8)11-3-1-2-6-14-11;10-9(11,12)8-14-5-7(15-8)6-3-1-2-4-13-6;/h1-4,6-7H;1-5H;/q2*-1;. The normalized spacial score (nSPS) is 10.6. The van der Waals surface area contributed by atoms with Crippen LogP contribution in [0.25, 0.3) is 22.6 Å². The summed E-state index contributed by atoms with van der Waals surface area (Å²) in [7, 11) is 0. The largest absolute Gasteiger partial charge is 0.438 e. The number of imidazole rings is 1. The number of nitrogens with zero attached hydrogens (tertiary/aromatic N) is 4. The molecule has 0 spiro atoms. The molecule has 1 radical (unpaired) electrons. The molecule has 0 bridgehead atoms. The van der Waals surface area contributed by atoms with Crippen molar-refractivity contribution in [2.24, 2.45) is 0 Å². The second-order valence-electron chi connectivity index (χ2n) is 5.55. The van der Waals surface area contributed by atoms with E-state index < -0.39 is 23.6 Å². The summed E-state index contributed by atoms with van der Waals surface area (Å²) >= 11 is 0. The summed E-state index contributed by atoms with van der Waals surface area (Å²) < 4.78 is 62.3. The Morgan fingerprint density at radius 2 is 1.50 bits per heavy atom. The minimum absolute atomic E-state index is 0. The predicted molar refractivity (Wildman–Crippen MR) is 94.2 cm³/mol. The monoisotopic (exact) mass is 595 g/mol. The molecule has 3 aromatic heterocycles. The molecule has 0 aliphatic heterocycles. The van der Waals surface area contributed by atoms with Gasteiger partial charge in [0.25, 0.3) is 0 Å². The van der Waals surface area contributed by atoms with Crippen molar-refractivity contribution in [3.8, 4) is 22.6 Å². The van der Waals surface area contributed by atoms with E-state index in [4.69, 9.17) is 0 Å². The number of pyridine rings is 2. The average Bonchev–Trinajstić information content (AvgIpc) is 3.21. The Labute approximate surface area is 181 Å². The summed E-state index contributed by atoms with van der Waals surface area (Å²) in [5.41, 5.74) is 1.14. The van der Waals surface area contributed by atoms with Gasteiger partial charge in [-0.2, -0.15) is 13.2 Å². The Hall–Kier alpha value is -2.97. The first-order valence-electron chi connectivity index (χ1n) is 8.11. The molecule has 3 heterocycles. The molecular formula is C20H11F5IrN4-2. The van der Waals surface area contributed by atoms with Crippen LogP contribution in [-0.2, 0) is 26.3 Å². The van der Waals surface area contributed by atoms with E-state index in [1.165, 1.54) is 6.20 Å². The Morgan fingerprint density at radius 1 is 0.867 bits per heavy atom. The summed E-state index contributed by atoms with van der Waals surface area (Å²) in [6, 6.07) is 14.4. The van der Waals surface area contributed by atoms with E-state index in [-0.39, 0.29) is 31.4 Å².